The summed E-state index contributed by atoms with van der Waals surface area (Å²) in [5, 5.41) is 3.93. The van der Waals surface area contributed by atoms with Crippen LogP contribution in [0.25, 0.3) is 0 Å². The maximum atomic E-state index is 13.6. The Labute approximate surface area is 124 Å². The molecule has 1 aliphatic heterocycles. The second-order valence-electron chi connectivity index (χ2n) is 5.77. The van der Waals surface area contributed by atoms with E-state index in [4.69, 9.17) is 4.52 Å². The maximum absolute atomic E-state index is 13.6. The van der Waals surface area contributed by atoms with Gasteiger partial charge in [0.2, 0.25) is 5.89 Å². The standard InChI is InChI=1S/C15H13F2N3O2/c16-10-2-1-3-11(17)12(10)15(21)20-6-9(7-20)14-18-13(19-22-14)8-4-5-8/h1-3,8-9H,4-7H2. The van der Waals surface area contributed by atoms with E-state index in [2.05, 4.69) is 10.1 Å². The lowest BCUT2D eigenvalue weighted by Crippen LogP contribution is -2.49. The summed E-state index contributed by atoms with van der Waals surface area (Å²) in [6.45, 7) is 0.664. The third-order valence-electron chi connectivity index (χ3n) is 4.09. The zero-order valence-electron chi connectivity index (χ0n) is 11.6. The van der Waals surface area contributed by atoms with Gasteiger partial charge in [-0.1, -0.05) is 11.2 Å². The molecule has 1 amide bonds. The van der Waals surface area contributed by atoms with Gasteiger partial charge < -0.3 is 9.42 Å². The van der Waals surface area contributed by atoms with Crippen LogP contribution in [0.5, 0.6) is 0 Å². The van der Waals surface area contributed by atoms with Crippen molar-refractivity contribution in [2.45, 2.75) is 24.7 Å². The Morgan fingerprint density at radius 3 is 2.50 bits per heavy atom. The molecule has 0 N–H and O–H groups in total. The summed E-state index contributed by atoms with van der Waals surface area (Å²) in [5.41, 5.74) is -0.509. The molecule has 2 aromatic rings. The lowest BCUT2D eigenvalue weighted by molar-refractivity contribution is 0.0559. The molecule has 1 aliphatic carbocycles. The molecule has 0 radical (unpaired) electrons. The van der Waals surface area contributed by atoms with E-state index in [-0.39, 0.29) is 5.92 Å². The Morgan fingerprint density at radius 1 is 1.18 bits per heavy atom. The number of carbonyl (C=O) groups is 1. The Hall–Kier alpha value is -2.31. The summed E-state index contributed by atoms with van der Waals surface area (Å²) in [7, 11) is 0. The Morgan fingerprint density at radius 2 is 1.86 bits per heavy atom. The van der Waals surface area contributed by atoms with E-state index < -0.39 is 23.1 Å². The molecule has 7 heteroatoms. The van der Waals surface area contributed by atoms with Crippen molar-refractivity contribution in [3.63, 3.8) is 0 Å². The number of likely N-dealkylation sites (tertiary alicyclic amines) is 1. The van der Waals surface area contributed by atoms with Gasteiger partial charge in [0.05, 0.1) is 5.92 Å². The molecule has 1 aromatic carbocycles. The molecule has 1 saturated carbocycles. The van der Waals surface area contributed by atoms with Crippen molar-refractivity contribution >= 4 is 5.91 Å². The number of rotatable bonds is 3. The minimum Gasteiger partial charge on any atom is -0.339 e. The van der Waals surface area contributed by atoms with E-state index in [0.29, 0.717) is 24.9 Å². The molecule has 1 aromatic heterocycles. The monoisotopic (exact) mass is 305 g/mol. The van der Waals surface area contributed by atoms with Crippen LogP contribution in [0, 0.1) is 11.6 Å². The highest BCUT2D eigenvalue weighted by atomic mass is 19.1. The summed E-state index contributed by atoms with van der Waals surface area (Å²) in [6.07, 6.45) is 2.17. The number of benzene rings is 1. The molecule has 0 bridgehead atoms. The van der Waals surface area contributed by atoms with Crippen LogP contribution in [0.15, 0.2) is 22.7 Å². The fraction of sp³-hybridized carbons (Fsp3) is 0.400. The Bertz CT molecular complexity index is 716. The highest BCUT2D eigenvalue weighted by molar-refractivity contribution is 5.95. The summed E-state index contributed by atoms with van der Waals surface area (Å²) in [5.74, 6) is -0.764. The molecule has 22 heavy (non-hydrogen) atoms. The Balaban J connectivity index is 1.45. The lowest BCUT2D eigenvalue weighted by Gasteiger charge is -2.37. The molecular weight excluding hydrogens is 292 g/mol. The van der Waals surface area contributed by atoms with Gasteiger partial charge in [-0.2, -0.15) is 4.98 Å². The van der Waals surface area contributed by atoms with Crippen LogP contribution in [-0.4, -0.2) is 34.0 Å². The van der Waals surface area contributed by atoms with Gasteiger partial charge in [0.25, 0.3) is 5.91 Å². The van der Waals surface area contributed by atoms with Crippen molar-refractivity contribution in [2.24, 2.45) is 0 Å². The lowest BCUT2D eigenvalue weighted by atomic mass is 9.98. The minimum absolute atomic E-state index is 0.0567. The first-order valence-corrected chi connectivity index (χ1v) is 7.20. The molecule has 0 atom stereocenters. The van der Waals surface area contributed by atoms with Crippen LogP contribution in [-0.2, 0) is 0 Å². The SMILES string of the molecule is O=C(c1c(F)cccc1F)N1CC(c2nc(C3CC3)no2)C1. The number of amides is 1. The van der Waals surface area contributed by atoms with Crippen LogP contribution in [0.1, 0.15) is 46.8 Å². The van der Waals surface area contributed by atoms with E-state index in [1.807, 2.05) is 0 Å². The largest absolute Gasteiger partial charge is 0.339 e. The van der Waals surface area contributed by atoms with Gasteiger partial charge in [-0.05, 0) is 25.0 Å². The van der Waals surface area contributed by atoms with Crippen LogP contribution < -0.4 is 0 Å². The summed E-state index contributed by atoms with van der Waals surface area (Å²) in [6, 6.07) is 3.39. The van der Waals surface area contributed by atoms with Gasteiger partial charge >= 0.3 is 0 Å². The van der Waals surface area contributed by atoms with Crippen LogP contribution in [0.3, 0.4) is 0 Å². The second-order valence-corrected chi connectivity index (χ2v) is 5.77. The van der Waals surface area contributed by atoms with Gasteiger partial charge in [-0.3, -0.25) is 4.79 Å². The number of carbonyl (C=O) groups excluding carboxylic acids is 1. The first-order valence-electron chi connectivity index (χ1n) is 7.20. The molecular formula is C15H13F2N3O2. The Kier molecular flexibility index (Phi) is 2.95. The van der Waals surface area contributed by atoms with Gasteiger partial charge in [0, 0.05) is 19.0 Å². The van der Waals surface area contributed by atoms with Gasteiger partial charge in [0.1, 0.15) is 17.2 Å². The van der Waals surface area contributed by atoms with Crippen molar-refractivity contribution < 1.29 is 18.1 Å². The quantitative estimate of drug-likeness (QED) is 0.874. The molecule has 114 valence electrons. The van der Waals surface area contributed by atoms with E-state index in [9.17, 15) is 13.6 Å². The predicted molar refractivity (Wildman–Crippen MR) is 71.3 cm³/mol. The first-order chi connectivity index (χ1) is 10.6. The number of hydrogen-bond acceptors (Lipinski definition) is 4. The average Bonchev–Trinajstić information content (AvgIpc) is 3.17. The molecule has 4 rings (SSSR count). The van der Waals surface area contributed by atoms with E-state index in [1.54, 1.807) is 0 Å². The summed E-state index contributed by atoms with van der Waals surface area (Å²) >= 11 is 0. The summed E-state index contributed by atoms with van der Waals surface area (Å²) in [4.78, 5) is 17.9. The molecule has 0 spiro atoms. The third-order valence-corrected chi connectivity index (χ3v) is 4.09. The van der Waals surface area contributed by atoms with Crippen LogP contribution in [0.4, 0.5) is 8.78 Å². The summed E-state index contributed by atoms with van der Waals surface area (Å²) < 4.78 is 32.4. The average molecular weight is 305 g/mol. The topological polar surface area (TPSA) is 59.2 Å². The van der Waals surface area contributed by atoms with Gasteiger partial charge in [0.15, 0.2) is 5.82 Å². The van der Waals surface area contributed by atoms with Crippen molar-refractivity contribution in [1.82, 2.24) is 15.0 Å². The number of nitrogens with zero attached hydrogens (tertiary/aromatic N) is 3. The smallest absolute Gasteiger partial charge is 0.259 e. The second kappa shape index (κ2) is 4.86. The number of halogens is 2. The number of aromatic nitrogens is 2. The molecule has 2 heterocycles. The number of hydrogen-bond donors (Lipinski definition) is 0. The highest BCUT2D eigenvalue weighted by Gasteiger charge is 2.38. The molecule has 5 nitrogen and oxygen atoms in total. The van der Waals surface area contributed by atoms with Crippen molar-refractivity contribution in [3.05, 3.63) is 47.1 Å². The van der Waals surface area contributed by atoms with Crippen molar-refractivity contribution in [1.29, 1.82) is 0 Å². The molecule has 2 fully saturated rings. The zero-order valence-corrected chi connectivity index (χ0v) is 11.6. The van der Waals surface area contributed by atoms with Crippen LogP contribution in [0.2, 0.25) is 0 Å². The van der Waals surface area contributed by atoms with Gasteiger partial charge in [-0.25, -0.2) is 8.78 Å². The highest BCUT2D eigenvalue weighted by Crippen LogP contribution is 2.39. The van der Waals surface area contributed by atoms with E-state index in [0.717, 1.165) is 30.8 Å². The van der Waals surface area contributed by atoms with E-state index >= 15 is 0 Å². The van der Waals surface area contributed by atoms with Gasteiger partial charge in [-0.15, -0.1) is 0 Å². The van der Waals surface area contributed by atoms with E-state index in [1.165, 1.54) is 11.0 Å². The fourth-order valence-electron chi connectivity index (χ4n) is 2.58. The first kappa shape index (κ1) is 13.4. The third kappa shape index (κ3) is 2.17. The van der Waals surface area contributed by atoms with Crippen LogP contribution >= 0.6 is 0 Å². The van der Waals surface area contributed by atoms with Crippen molar-refractivity contribution in [3.8, 4) is 0 Å². The normalized spacial score (nSPS) is 18.4. The zero-order chi connectivity index (χ0) is 15.3. The fourth-order valence-corrected chi connectivity index (χ4v) is 2.58. The molecule has 0 unspecified atom stereocenters. The minimum atomic E-state index is -0.845. The molecule has 2 aliphatic rings. The maximum Gasteiger partial charge on any atom is 0.259 e. The van der Waals surface area contributed by atoms with Crippen molar-refractivity contribution in [2.75, 3.05) is 13.1 Å². The predicted octanol–water partition coefficient (Wildman–Crippen LogP) is 2.46. The molecule has 1 saturated heterocycles.